The molecular formula is C17H24N2S. The maximum Gasteiger partial charge on any atom is 0.0928 e. The van der Waals surface area contributed by atoms with Crippen LogP contribution in [0.15, 0.2) is 35.8 Å². The molecule has 2 nitrogen and oxygen atoms in total. The van der Waals surface area contributed by atoms with E-state index in [1.165, 1.54) is 16.1 Å². The Kier molecular flexibility index (Phi) is 5.74. The van der Waals surface area contributed by atoms with E-state index in [9.17, 15) is 0 Å². The lowest BCUT2D eigenvalue weighted by Crippen LogP contribution is -2.31. The number of hydrogen-bond donors (Lipinski definition) is 1. The van der Waals surface area contributed by atoms with E-state index in [1.807, 2.05) is 6.20 Å². The molecule has 20 heavy (non-hydrogen) atoms. The molecular weight excluding hydrogens is 264 g/mol. The van der Waals surface area contributed by atoms with E-state index in [2.05, 4.69) is 60.7 Å². The van der Waals surface area contributed by atoms with Crippen LogP contribution in [0.5, 0.6) is 0 Å². The molecule has 0 spiro atoms. The Bertz CT molecular complexity index is 488. The molecule has 108 valence electrons. The number of aromatic nitrogens is 1. The van der Waals surface area contributed by atoms with Crippen molar-refractivity contribution in [1.29, 1.82) is 0 Å². The number of rotatable bonds is 7. The van der Waals surface area contributed by atoms with Crippen LogP contribution in [0, 0.1) is 12.8 Å². The predicted molar refractivity (Wildman–Crippen MR) is 87.3 cm³/mol. The van der Waals surface area contributed by atoms with Crippen molar-refractivity contribution in [3.8, 4) is 0 Å². The van der Waals surface area contributed by atoms with E-state index in [0.29, 0.717) is 12.0 Å². The van der Waals surface area contributed by atoms with E-state index in [4.69, 9.17) is 0 Å². The van der Waals surface area contributed by atoms with Crippen molar-refractivity contribution in [2.24, 2.45) is 5.92 Å². The SMILES string of the molecule is Cc1ccc(CC(CNC(C)C)Cc2nccs2)cc1. The quantitative estimate of drug-likeness (QED) is 0.837. The largest absolute Gasteiger partial charge is 0.314 e. The summed E-state index contributed by atoms with van der Waals surface area (Å²) in [6.45, 7) is 7.58. The van der Waals surface area contributed by atoms with Gasteiger partial charge in [0.2, 0.25) is 0 Å². The minimum Gasteiger partial charge on any atom is -0.314 e. The summed E-state index contributed by atoms with van der Waals surface area (Å²) in [6.07, 6.45) is 4.07. The minimum absolute atomic E-state index is 0.534. The van der Waals surface area contributed by atoms with Crippen LogP contribution in [0.4, 0.5) is 0 Å². The second-order valence-electron chi connectivity index (χ2n) is 5.75. The fourth-order valence-electron chi connectivity index (χ4n) is 2.28. The van der Waals surface area contributed by atoms with Crippen LogP contribution in [0.2, 0.25) is 0 Å². The highest BCUT2D eigenvalue weighted by Crippen LogP contribution is 2.16. The fraction of sp³-hybridized carbons (Fsp3) is 0.471. The lowest BCUT2D eigenvalue weighted by molar-refractivity contribution is 0.443. The molecule has 0 amide bonds. The van der Waals surface area contributed by atoms with Gasteiger partial charge in [0, 0.05) is 24.0 Å². The molecule has 3 heteroatoms. The highest BCUT2D eigenvalue weighted by Gasteiger charge is 2.13. The summed E-state index contributed by atoms with van der Waals surface area (Å²) in [4.78, 5) is 4.43. The molecule has 1 unspecified atom stereocenters. The first kappa shape index (κ1) is 15.2. The lowest BCUT2D eigenvalue weighted by Gasteiger charge is -2.18. The molecule has 1 aromatic heterocycles. The summed E-state index contributed by atoms with van der Waals surface area (Å²) in [5.74, 6) is 0.603. The molecule has 0 aliphatic carbocycles. The predicted octanol–water partition coefficient (Wildman–Crippen LogP) is 3.85. The van der Waals surface area contributed by atoms with Crippen molar-refractivity contribution in [3.05, 3.63) is 52.0 Å². The second-order valence-corrected chi connectivity index (χ2v) is 6.73. The first-order valence-electron chi connectivity index (χ1n) is 7.31. The van der Waals surface area contributed by atoms with Gasteiger partial charge in [0.05, 0.1) is 5.01 Å². The highest BCUT2D eigenvalue weighted by atomic mass is 32.1. The van der Waals surface area contributed by atoms with E-state index in [0.717, 1.165) is 19.4 Å². The summed E-state index contributed by atoms with van der Waals surface area (Å²) >= 11 is 1.76. The smallest absolute Gasteiger partial charge is 0.0928 e. The molecule has 1 N–H and O–H groups in total. The molecule has 0 aliphatic heterocycles. The molecule has 2 rings (SSSR count). The third-order valence-corrected chi connectivity index (χ3v) is 4.21. The summed E-state index contributed by atoms with van der Waals surface area (Å²) in [5.41, 5.74) is 2.74. The first-order chi connectivity index (χ1) is 9.63. The highest BCUT2D eigenvalue weighted by molar-refractivity contribution is 7.09. The van der Waals surface area contributed by atoms with Crippen molar-refractivity contribution in [2.75, 3.05) is 6.54 Å². The summed E-state index contributed by atoms with van der Waals surface area (Å²) in [6, 6.07) is 9.43. The molecule has 0 bridgehead atoms. The molecule has 1 aromatic carbocycles. The maximum atomic E-state index is 4.43. The van der Waals surface area contributed by atoms with E-state index in [-0.39, 0.29) is 0 Å². The molecule has 0 radical (unpaired) electrons. The monoisotopic (exact) mass is 288 g/mol. The van der Waals surface area contributed by atoms with Gasteiger partial charge in [0.25, 0.3) is 0 Å². The van der Waals surface area contributed by atoms with Gasteiger partial charge < -0.3 is 5.32 Å². The van der Waals surface area contributed by atoms with E-state index in [1.54, 1.807) is 11.3 Å². The number of thiazole rings is 1. The van der Waals surface area contributed by atoms with Crippen molar-refractivity contribution in [3.63, 3.8) is 0 Å². The Balaban J connectivity index is 1.99. The third-order valence-electron chi connectivity index (χ3n) is 3.41. The maximum absolute atomic E-state index is 4.43. The summed E-state index contributed by atoms with van der Waals surface area (Å²) in [5, 5.41) is 6.87. The van der Waals surface area contributed by atoms with Crippen LogP contribution in [0.1, 0.15) is 30.0 Å². The van der Waals surface area contributed by atoms with Crippen molar-refractivity contribution >= 4 is 11.3 Å². The average molecular weight is 288 g/mol. The van der Waals surface area contributed by atoms with Crippen LogP contribution in [-0.2, 0) is 12.8 Å². The first-order valence-corrected chi connectivity index (χ1v) is 8.18. The number of nitrogens with zero attached hydrogens (tertiary/aromatic N) is 1. The van der Waals surface area contributed by atoms with Gasteiger partial charge in [-0.05, 0) is 31.4 Å². The van der Waals surface area contributed by atoms with Crippen molar-refractivity contribution in [2.45, 2.75) is 39.7 Å². The van der Waals surface area contributed by atoms with Gasteiger partial charge in [0.1, 0.15) is 0 Å². The number of nitrogens with one attached hydrogen (secondary N) is 1. The van der Waals surface area contributed by atoms with Gasteiger partial charge >= 0.3 is 0 Å². The topological polar surface area (TPSA) is 24.9 Å². The van der Waals surface area contributed by atoms with Crippen molar-refractivity contribution < 1.29 is 0 Å². The molecule has 0 fully saturated rings. The van der Waals surface area contributed by atoms with Gasteiger partial charge in [-0.2, -0.15) is 0 Å². The van der Waals surface area contributed by atoms with Crippen LogP contribution in [-0.4, -0.2) is 17.6 Å². The summed E-state index contributed by atoms with van der Waals surface area (Å²) < 4.78 is 0. The van der Waals surface area contributed by atoms with Gasteiger partial charge in [-0.15, -0.1) is 11.3 Å². The molecule has 0 aliphatic rings. The Hall–Kier alpha value is -1.19. The van der Waals surface area contributed by atoms with Gasteiger partial charge in [-0.25, -0.2) is 4.98 Å². The Morgan fingerprint density at radius 2 is 1.90 bits per heavy atom. The Labute approximate surface area is 126 Å². The molecule has 0 saturated heterocycles. The van der Waals surface area contributed by atoms with Gasteiger partial charge in [0.15, 0.2) is 0 Å². The zero-order valence-corrected chi connectivity index (χ0v) is 13.4. The van der Waals surface area contributed by atoms with Gasteiger partial charge in [-0.3, -0.25) is 0 Å². The second kappa shape index (κ2) is 7.55. The minimum atomic E-state index is 0.534. The molecule has 2 aromatic rings. The summed E-state index contributed by atoms with van der Waals surface area (Å²) in [7, 11) is 0. The molecule has 0 saturated carbocycles. The van der Waals surface area contributed by atoms with Gasteiger partial charge in [-0.1, -0.05) is 43.7 Å². The normalized spacial score (nSPS) is 12.8. The average Bonchev–Trinajstić information content (AvgIpc) is 2.91. The molecule has 1 heterocycles. The van der Waals surface area contributed by atoms with E-state index < -0.39 is 0 Å². The van der Waals surface area contributed by atoms with Crippen LogP contribution in [0.3, 0.4) is 0 Å². The fourth-order valence-corrected chi connectivity index (χ4v) is 3.01. The number of benzene rings is 1. The number of hydrogen-bond acceptors (Lipinski definition) is 3. The van der Waals surface area contributed by atoms with E-state index >= 15 is 0 Å². The Morgan fingerprint density at radius 1 is 1.15 bits per heavy atom. The standard InChI is InChI=1S/C17H24N2S/c1-13(2)19-12-16(11-17-18-8-9-20-17)10-15-6-4-14(3)5-7-15/h4-9,13,16,19H,10-12H2,1-3H3. The number of aryl methyl sites for hydroxylation is 1. The third kappa shape index (κ3) is 5.06. The van der Waals surface area contributed by atoms with Crippen LogP contribution in [0.25, 0.3) is 0 Å². The Morgan fingerprint density at radius 3 is 2.50 bits per heavy atom. The van der Waals surface area contributed by atoms with Crippen LogP contribution < -0.4 is 5.32 Å². The van der Waals surface area contributed by atoms with Crippen LogP contribution >= 0.6 is 11.3 Å². The van der Waals surface area contributed by atoms with Crippen molar-refractivity contribution in [1.82, 2.24) is 10.3 Å². The zero-order valence-electron chi connectivity index (χ0n) is 12.6. The zero-order chi connectivity index (χ0) is 14.4. The lowest BCUT2D eigenvalue weighted by atomic mass is 9.95. The molecule has 1 atom stereocenters.